The maximum atomic E-state index is 11.6. The number of amides is 1. The number of aryl methyl sites for hydroxylation is 1. The van der Waals surface area contributed by atoms with Crippen molar-refractivity contribution in [1.29, 1.82) is 0 Å². The molecule has 2 aromatic heterocycles. The summed E-state index contributed by atoms with van der Waals surface area (Å²) in [5.41, 5.74) is 0.752. The highest BCUT2D eigenvalue weighted by molar-refractivity contribution is 6.05. The molecule has 4 N–H and O–H groups in total. The zero-order valence-corrected chi connectivity index (χ0v) is 8.81. The van der Waals surface area contributed by atoms with Gasteiger partial charge >= 0.3 is 5.97 Å². The summed E-state index contributed by atoms with van der Waals surface area (Å²) in [7, 11) is 0. The summed E-state index contributed by atoms with van der Waals surface area (Å²) < 4.78 is 0. The predicted octanol–water partition coefficient (Wildman–Crippen LogP) is 0.392. The van der Waals surface area contributed by atoms with E-state index in [2.05, 4.69) is 25.5 Å². The number of nitrogens with one attached hydrogen (secondary N) is 3. The largest absolute Gasteiger partial charge is 0.477 e. The van der Waals surface area contributed by atoms with Crippen LogP contribution in [0.15, 0.2) is 12.4 Å². The van der Waals surface area contributed by atoms with Crippen LogP contribution in [0.3, 0.4) is 0 Å². The normalized spacial score (nSPS) is 10.2. The van der Waals surface area contributed by atoms with Crippen molar-refractivity contribution >= 4 is 17.6 Å². The van der Waals surface area contributed by atoms with E-state index in [1.165, 1.54) is 12.4 Å². The van der Waals surface area contributed by atoms with E-state index >= 15 is 0 Å². The number of carbonyl (C=O) groups is 2. The number of H-pyrrole nitrogens is 2. The minimum atomic E-state index is -1.15. The van der Waals surface area contributed by atoms with Gasteiger partial charge in [0.05, 0.1) is 5.69 Å². The first-order valence-electron chi connectivity index (χ1n) is 4.67. The molecule has 1 amide bonds. The number of carboxylic acid groups (broad SMARTS) is 1. The third kappa shape index (κ3) is 2.14. The second kappa shape index (κ2) is 4.08. The smallest absolute Gasteiger partial charge is 0.354 e. The van der Waals surface area contributed by atoms with E-state index in [9.17, 15) is 9.59 Å². The molecule has 8 nitrogen and oxygen atoms in total. The van der Waals surface area contributed by atoms with E-state index in [0.717, 1.165) is 0 Å². The van der Waals surface area contributed by atoms with Crippen LogP contribution in [0.4, 0.5) is 5.69 Å². The zero-order valence-electron chi connectivity index (χ0n) is 8.81. The second-order valence-electron chi connectivity index (χ2n) is 3.33. The standard InChI is InChI=1S/C9H9N5O3/c1-4-2-5(6(12-4)9(16)17)13-8(15)7-10-3-11-14-7/h2-3,12H,1H3,(H,13,15)(H,16,17)(H,10,11,14). The number of aromatic carboxylic acids is 1. The lowest BCUT2D eigenvalue weighted by molar-refractivity contribution is 0.0692. The van der Waals surface area contributed by atoms with Gasteiger partial charge in [0.1, 0.15) is 12.0 Å². The molecule has 0 aromatic carbocycles. The van der Waals surface area contributed by atoms with Crippen molar-refractivity contribution in [1.82, 2.24) is 20.2 Å². The van der Waals surface area contributed by atoms with E-state index < -0.39 is 11.9 Å². The van der Waals surface area contributed by atoms with Gasteiger partial charge in [0.25, 0.3) is 5.91 Å². The van der Waals surface area contributed by atoms with Gasteiger partial charge in [-0.2, -0.15) is 5.10 Å². The zero-order chi connectivity index (χ0) is 12.4. The Hall–Kier alpha value is -2.64. The van der Waals surface area contributed by atoms with Gasteiger partial charge in [-0.3, -0.25) is 9.89 Å². The van der Waals surface area contributed by atoms with Crippen LogP contribution in [0.1, 0.15) is 26.8 Å². The molecule has 0 saturated carbocycles. The van der Waals surface area contributed by atoms with Gasteiger partial charge in [-0.05, 0) is 13.0 Å². The number of anilines is 1. The van der Waals surface area contributed by atoms with Crippen LogP contribution in [0, 0.1) is 6.92 Å². The highest BCUT2D eigenvalue weighted by atomic mass is 16.4. The van der Waals surface area contributed by atoms with Gasteiger partial charge in [0.15, 0.2) is 0 Å². The number of aromatic nitrogens is 4. The van der Waals surface area contributed by atoms with Crippen molar-refractivity contribution in [2.75, 3.05) is 5.32 Å². The molecule has 8 heteroatoms. The fourth-order valence-corrected chi connectivity index (χ4v) is 1.35. The van der Waals surface area contributed by atoms with Gasteiger partial charge in [-0.1, -0.05) is 0 Å². The summed E-state index contributed by atoms with van der Waals surface area (Å²) in [5, 5.41) is 17.2. The van der Waals surface area contributed by atoms with Crippen LogP contribution >= 0.6 is 0 Å². The summed E-state index contributed by atoms with van der Waals surface area (Å²) in [4.78, 5) is 28.8. The Kier molecular flexibility index (Phi) is 2.61. The van der Waals surface area contributed by atoms with E-state index in [-0.39, 0.29) is 17.2 Å². The summed E-state index contributed by atoms with van der Waals surface area (Å²) in [5.74, 6) is -1.69. The number of rotatable bonds is 3. The van der Waals surface area contributed by atoms with E-state index in [1.807, 2.05) is 0 Å². The SMILES string of the molecule is Cc1cc(NC(=O)c2ncn[nH]2)c(C(=O)O)[nH]1. The molecule has 0 unspecified atom stereocenters. The summed E-state index contributed by atoms with van der Waals surface area (Å²) in [6.07, 6.45) is 1.19. The molecule has 2 heterocycles. The molecule has 0 spiro atoms. The number of aromatic amines is 2. The third-order valence-corrected chi connectivity index (χ3v) is 2.04. The molecular formula is C9H9N5O3. The number of nitrogens with zero attached hydrogens (tertiary/aromatic N) is 2. The number of carbonyl (C=O) groups excluding carboxylic acids is 1. The Morgan fingerprint density at radius 1 is 1.47 bits per heavy atom. The van der Waals surface area contributed by atoms with Crippen LogP contribution in [-0.2, 0) is 0 Å². The Balaban J connectivity index is 2.24. The monoisotopic (exact) mass is 235 g/mol. The summed E-state index contributed by atoms with van der Waals surface area (Å²) in [6, 6.07) is 1.53. The quantitative estimate of drug-likeness (QED) is 0.612. The molecule has 88 valence electrons. The Labute approximate surface area is 95.1 Å². The molecule has 0 fully saturated rings. The van der Waals surface area contributed by atoms with E-state index in [1.54, 1.807) is 6.92 Å². The fraction of sp³-hybridized carbons (Fsp3) is 0.111. The van der Waals surface area contributed by atoms with Gasteiger partial charge < -0.3 is 15.4 Å². The first kappa shape index (κ1) is 10.9. The minimum absolute atomic E-state index is 0.0141. The molecule has 2 aromatic rings. The van der Waals surface area contributed by atoms with Crippen LogP contribution in [0.25, 0.3) is 0 Å². The lowest BCUT2D eigenvalue weighted by Gasteiger charge is -2.00. The fourth-order valence-electron chi connectivity index (χ4n) is 1.35. The van der Waals surface area contributed by atoms with Crippen molar-refractivity contribution in [3.63, 3.8) is 0 Å². The average Bonchev–Trinajstić information content (AvgIpc) is 2.86. The lowest BCUT2D eigenvalue weighted by atomic mass is 10.3. The summed E-state index contributed by atoms with van der Waals surface area (Å²) in [6.45, 7) is 1.69. The van der Waals surface area contributed by atoms with Crippen molar-refractivity contribution in [2.24, 2.45) is 0 Å². The topological polar surface area (TPSA) is 124 Å². The molecule has 0 aliphatic rings. The number of hydrogen-bond acceptors (Lipinski definition) is 4. The molecule has 0 saturated heterocycles. The summed E-state index contributed by atoms with van der Waals surface area (Å²) >= 11 is 0. The maximum Gasteiger partial charge on any atom is 0.354 e. The number of hydrogen-bond donors (Lipinski definition) is 4. The molecule has 0 aliphatic carbocycles. The van der Waals surface area contributed by atoms with Gasteiger partial charge in [0, 0.05) is 5.69 Å². The van der Waals surface area contributed by atoms with Gasteiger partial charge in [-0.25, -0.2) is 9.78 Å². The molecule has 2 rings (SSSR count). The highest BCUT2D eigenvalue weighted by Gasteiger charge is 2.17. The van der Waals surface area contributed by atoms with Gasteiger partial charge in [-0.15, -0.1) is 0 Å². The second-order valence-corrected chi connectivity index (χ2v) is 3.33. The first-order chi connectivity index (χ1) is 8.08. The number of carboxylic acids is 1. The molecule has 0 radical (unpaired) electrons. The molecular weight excluding hydrogens is 226 g/mol. The minimum Gasteiger partial charge on any atom is -0.477 e. The first-order valence-corrected chi connectivity index (χ1v) is 4.67. The van der Waals surface area contributed by atoms with E-state index in [4.69, 9.17) is 5.11 Å². The van der Waals surface area contributed by atoms with Crippen molar-refractivity contribution < 1.29 is 14.7 Å². The van der Waals surface area contributed by atoms with Crippen LogP contribution in [0.2, 0.25) is 0 Å². The van der Waals surface area contributed by atoms with Crippen molar-refractivity contribution in [3.8, 4) is 0 Å². The Morgan fingerprint density at radius 2 is 2.24 bits per heavy atom. The van der Waals surface area contributed by atoms with Crippen LogP contribution in [-0.4, -0.2) is 37.1 Å². The highest BCUT2D eigenvalue weighted by Crippen LogP contribution is 2.17. The van der Waals surface area contributed by atoms with Crippen LogP contribution < -0.4 is 5.32 Å². The lowest BCUT2D eigenvalue weighted by Crippen LogP contribution is -2.15. The molecule has 0 bridgehead atoms. The Morgan fingerprint density at radius 3 is 2.82 bits per heavy atom. The predicted molar refractivity (Wildman–Crippen MR) is 56.8 cm³/mol. The molecule has 0 aliphatic heterocycles. The van der Waals surface area contributed by atoms with Crippen molar-refractivity contribution in [3.05, 3.63) is 29.6 Å². The molecule has 17 heavy (non-hydrogen) atoms. The third-order valence-electron chi connectivity index (χ3n) is 2.04. The maximum absolute atomic E-state index is 11.6. The van der Waals surface area contributed by atoms with Crippen molar-refractivity contribution in [2.45, 2.75) is 6.92 Å². The van der Waals surface area contributed by atoms with Crippen LogP contribution in [0.5, 0.6) is 0 Å². The molecule has 0 atom stereocenters. The van der Waals surface area contributed by atoms with Gasteiger partial charge in [0.2, 0.25) is 5.82 Å². The Bertz CT molecular complexity index is 557. The average molecular weight is 235 g/mol. The van der Waals surface area contributed by atoms with E-state index in [0.29, 0.717) is 5.69 Å².